The summed E-state index contributed by atoms with van der Waals surface area (Å²) in [5.41, 5.74) is 1.00. The third kappa shape index (κ3) is 4.70. The monoisotopic (exact) mass is 221 g/mol. The first-order valence-corrected chi connectivity index (χ1v) is 5.32. The van der Waals surface area contributed by atoms with Crippen LogP contribution in [0.5, 0.6) is 0 Å². The average molecular weight is 221 g/mol. The fourth-order valence-electron chi connectivity index (χ4n) is 1.18. The van der Waals surface area contributed by atoms with Crippen molar-refractivity contribution in [2.75, 3.05) is 6.54 Å². The summed E-state index contributed by atoms with van der Waals surface area (Å²) < 4.78 is 0. The molecule has 0 aliphatic carbocycles. The van der Waals surface area contributed by atoms with E-state index in [4.69, 9.17) is 0 Å². The van der Waals surface area contributed by atoms with Crippen LogP contribution < -0.4 is 5.32 Å². The van der Waals surface area contributed by atoms with E-state index in [-0.39, 0.29) is 5.91 Å². The third-order valence-electron chi connectivity index (χ3n) is 1.97. The number of hydrogen-bond donors (Lipinski definition) is 2. The predicted octanol–water partition coefficient (Wildman–Crippen LogP) is 2.21. The van der Waals surface area contributed by atoms with Crippen molar-refractivity contribution >= 4 is 18.5 Å². The molecule has 1 aromatic rings. The molecule has 0 aliphatic heterocycles. The normalized spacial score (nSPS) is 9.67. The molecule has 0 unspecified atom stereocenters. The first-order valence-electron chi connectivity index (χ1n) is 4.88. The summed E-state index contributed by atoms with van der Waals surface area (Å²) >= 11 is 4.18. The van der Waals surface area contributed by atoms with Crippen molar-refractivity contribution in [2.24, 2.45) is 0 Å². The first-order chi connectivity index (χ1) is 7.22. The predicted molar refractivity (Wildman–Crippen MR) is 65.2 cm³/mol. The van der Waals surface area contributed by atoms with Gasteiger partial charge in [0.2, 0.25) is 5.91 Å². The molecule has 0 aliphatic rings. The summed E-state index contributed by atoms with van der Waals surface area (Å²) in [5.74, 6) is 0.0452. The molecule has 1 N–H and O–H groups in total. The molecular formula is C12H15NOS. The van der Waals surface area contributed by atoms with Crippen LogP contribution in [-0.2, 0) is 11.2 Å². The molecule has 1 rings (SSSR count). The van der Waals surface area contributed by atoms with Gasteiger partial charge in [-0.2, -0.15) is 0 Å². The first kappa shape index (κ1) is 11.9. The van der Waals surface area contributed by atoms with E-state index in [1.54, 1.807) is 6.08 Å². The molecule has 0 saturated carbocycles. The zero-order chi connectivity index (χ0) is 11.1. The van der Waals surface area contributed by atoms with Gasteiger partial charge >= 0.3 is 0 Å². The second kappa shape index (κ2) is 6.30. The molecule has 2 nitrogen and oxygen atoms in total. The Hall–Kier alpha value is -1.22. The van der Waals surface area contributed by atoms with Crippen molar-refractivity contribution in [3.05, 3.63) is 42.5 Å². The number of nitrogens with one attached hydrogen (secondary N) is 1. The molecule has 15 heavy (non-hydrogen) atoms. The van der Waals surface area contributed by atoms with E-state index < -0.39 is 0 Å². The van der Waals surface area contributed by atoms with Gasteiger partial charge in [-0.15, -0.1) is 19.2 Å². The van der Waals surface area contributed by atoms with Crippen molar-refractivity contribution in [1.29, 1.82) is 0 Å². The molecule has 0 radical (unpaired) electrons. The zero-order valence-corrected chi connectivity index (χ0v) is 9.47. The van der Waals surface area contributed by atoms with E-state index in [9.17, 15) is 4.79 Å². The van der Waals surface area contributed by atoms with Crippen LogP contribution in [0.25, 0.3) is 0 Å². The molecule has 3 heteroatoms. The lowest BCUT2D eigenvalue weighted by molar-refractivity contribution is -0.120. The molecule has 0 fully saturated rings. The average Bonchev–Trinajstić information content (AvgIpc) is 2.22. The second-order valence-corrected chi connectivity index (χ2v) is 3.79. The number of thiol groups is 1. The van der Waals surface area contributed by atoms with Crippen molar-refractivity contribution in [3.63, 3.8) is 0 Å². The Morgan fingerprint density at radius 3 is 2.67 bits per heavy atom. The molecule has 0 heterocycles. The molecule has 0 atom stereocenters. The topological polar surface area (TPSA) is 29.1 Å². The fourth-order valence-corrected chi connectivity index (χ4v) is 1.32. The summed E-state index contributed by atoms with van der Waals surface area (Å²) in [6, 6.07) is 7.59. The van der Waals surface area contributed by atoms with E-state index >= 15 is 0 Å². The van der Waals surface area contributed by atoms with Crippen LogP contribution in [0.4, 0.5) is 0 Å². The van der Waals surface area contributed by atoms with Crippen molar-refractivity contribution < 1.29 is 4.79 Å². The molecule has 0 aromatic heterocycles. The highest BCUT2D eigenvalue weighted by atomic mass is 32.1. The van der Waals surface area contributed by atoms with Gasteiger partial charge in [0.25, 0.3) is 0 Å². The molecule has 0 bridgehead atoms. The molecular weight excluding hydrogens is 206 g/mol. The van der Waals surface area contributed by atoms with Gasteiger partial charge in [0, 0.05) is 11.4 Å². The van der Waals surface area contributed by atoms with Crippen LogP contribution in [0, 0.1) is 0 Å². The van der Waals surface area contributed by atoms with Crippen LogP contribution >= 0.6 is 12.6 Å². The maximum atomic E-state index is 11.4. The summed E-state index contributed by atoms with van der Waals surface area (Å²) in [6.07, 6.45) is 3.02. The Labute approximate surface area is 95.8 Å². The summed E-state index contributed by atoms with van der Waals surface area (Å²) in [5, 5.41) is 2.82. The van der Waals surface area contributed by atoms with Gasteiger partial charge in [0.05, 0.1) is 6.42 Å². The van der Waals surface area contributed by atoms with E-state index in [2.05, 4.69) is 24.5 Å². The van der Waals surface area contributed by atoms with Gasteiger partial charge in [-0.05, 0) is 24.1 Å². The van der Waals surface area contributed by atoms with Crippen LogP contribution in [-0.4, -0.2) is 12.5 Å². The molecule has 0 spiro atoms. The largest absolute Gasteiger partial charge is 0.356 e. The van der Waals surface area contributed by atoms with Crippen LogP contribution in [0.15, 0.2) is 41.8 Å². The summed E-state index contributed by atoms with van der Waals surface area (Å²) in [4.78, 5) is 12.3. The summed E-state index contributed by atoms with van der Waals surface area (Å²) in [6.45, 7) is 4.25. The molecule has 0 saturated heterocycles. The minimum Gasteiger partial charge on any atom is -0.356 e. The SMILES string of the molecule is C=CCCNC(=O)Cc1ccc(S)cc1. The molecule has 1 amide bonds. The van der Waals surface area contributed by atoms with Gasteiger partial charge in [-0.3, -0.25) is 4.79 Å². The Kier molecular flexibility index (Phi) is 4.98. The number of benzene rings is 1. The van der Waals surface area contributed by atoms with Gasteiger partial charge in [0.1, 0.15) is 0 Å². The molecule has 80 valence electrons. The van der Waals surface area contributed by atoms with Crippen molar-refractivity contribution in [2.45, 2.75) is 17.7 Å². The minimum absolute atomic E-state index is 0.0452. The summed E-state index contributed by atoms with van der Waals surface area (Å²) in [7, 11) is 0. The smallest absolute Gasteiger partial charge is 0.224 e. The molecule has 1 aromatic carbocycles. The highest BCUT2D eigenvalue weighted by Crippen LogP contribution is 2.07. The van der Waals surface area contributed by atoms with Gasteiger partial charge in [-0.1, -0.05) is 18.2 Å². The van der Waals surface area contributed by atoms with E-state index in [0.29, 0.717) is 13.0 Å². The maximum Gasteiger partial charge on any atom is 0.224 e. The second-order valence-electron chi connectivity index (χ2n) is 3.27. The fraction of sp³-hybridized carbons (Fsp3) is 0.250. The Morgan fingerprint density at radius 2 is 2.07 bits per heavy atom. The maximum absolute atomic E-state index is 11.4. The Morgan fingerprint density at radius 1 is 1.40 bits per heavy atom. The minimum atomic E-state index is 0.0452. The van der Waals surface area contributed by atoms with E-state index in [0.717, 1.165) is 16.9 Å². The van der Waals surface area contributed by atoms with E-state index in [1.165, 1.54) is 0 Å². The lowest BCUT2D eigenvalue weighted by Crippen LogP contribution is -2.25. The van der Waals surface area contributed by atoms with E-state index in [1.807, 2.05) is 24.3 Å². The number of carbonyl (C=O) groups excluding carboxylic acids is 1. The standard InChI is InChI=1S/C12H15NOS/c1-2-3-8-13-12(14)9-10-4-6-11(15)7-5-10/h2,4-7,15H,1,3,8-9H2,(H,13,14). The third-order valence-corrected chi connectivity index (χ3v) is 2.27. The number of carbonyl (C=O) groups is 1. The van der Waals surface area contributed by atoms with Crippen LogP contribution in [0.2, 0.25) is 0 Å². The van der Waals surface area contributed by atoms with Crippen LogP contribution in [0.1, 0.15) is 12.0 Å². The number of rotatable bonds is 5. The number of hydrogen-bond acceptors (Lipinski definition) is 2. The lowest BCUT2D eigenvalue weighted by Gasteiger charge is -2.03. The zero-order valence-electron chi connectivity index (χ0n) is 8.57. The van der Waals surface area contributed by atoms with Crippen molar-refractivity contribution in [3.8, 4) is 0 Å². The quantitative estimate of drug-likeness (QED) is 0.445. The number of amides is 1. The van der Waals surface area contributed by atoms with Gasteiger partial charge in [0.15, 0.2) is 0 Å². The Balaban J connectivity index is 2.37. The van der Waals surface area contributed by atoms with Crippen LogP contribution in [0.3, 0.4) is 0 Å². The highest BCUT2D eigenvalue weighted by Gasteiger charge is 2.01. The Bertz CT molecular complexity index is 332. The lowest BCUT2D eigenvalue weighted by atomic mass is 10.1. The van der Waals surface area contributed by atoms with Crippen molar-refractivity contribution in [1.82, 2.24) is 5.32 Å². The van der Waals surface area contributed by atoms with Gasteiger partial charge < -0.3 is 5.32 Å². The van der Waals surface area contributed by atoms with Gasteiger partial charge in [-0.25, -0.2) is 0 Å². The highest BCUT2D eigenvalue weighted by molar-refractivity contribution is 7.80.